The summed E-state index contributed by atoms with van der Waals surface area (Å²) in [6.45, 7) is 1.25. The molecule has 1 aliphatic heterocycles. The van der Waals surface area contributed by atoms with Crippen molar-refractivity contribution in [2.24, 2.45) is 5.92 Å². The Balaban J connectivity index is 1.77. The monoisotopic (exact) mass is 371 g/mol. The van der Waals surface area contributed by atoms with Crippen molar-refractivity contribution in [1.29, 1.82) is 0 Å². The van der Waals surface area contributed by atoms with Crippen molar-refractivity contribution >= 4 is 33.4 Å². The van der Waals surface area contributed by atoms with Crippen molar-refractivity contribution in [1.82, 2.24) is 4.90 Å². The number of benzene rings is 1. The highest BCUT2D eigenvalue weighted by atomic mass is 79.9. The minimum atomic E-state index is -0.557. The molecule has 3 nitrogen and oxygen atoms in total. The molecule has 2 atom stereocenters. The van der Waals surface area contributed by atoms with Crippen LogP contribution in [0.25, 0.3) is 0 Å². The minimum Gasteiger partial charge on any atom is -0.389 e. The molecule has 1 N–H and O–H groups in total. The third-order valence-corrected chi connectivity index (χ3v) is 5.68. The summed E-state index contributed by atoms with van der Waals surface area (Å²) in [5.74, 6) is 0.179. The van der Waals surface area contributed by atoms with Crippen molar-refractivity contribution in [3.05, 3.63) is 33.3 Å². The van der Waals surface area contributed by atoms with Gasteiger partial charge in [-0.15, -0.1) is 0 Å². The first-order valence-corrected chi connectivity index (χ1v) is 8.63. The second kappa shape index (κ2) is 5.90. The molecule has 0 aromatic heterocycles. The van der Waals surface area contributed by atoms with Gasteiger partial charge in [-0.05, 0) is 37.5 Å². The van der Waals surface area contributed by atoms with Gasteiger partial charge in [0.1, 0.15) is 0 Å². The molecule has 3 rings (SSSR count). The number of rotatable bonds is 1. The Hall–Kier alpha value is -0.580. The second-order valence-electron chi connectivity index (χ2n) is 6.17. The van der Waals surface area contributed by atoms with E-state index in [4.69, 9.17) is 11.6 Å². The number of piperidine rings is 1. The number of carbonyl (C=O) groups is 1. The molecule has 0 spiro atoms. The first kappa shape index (κ1) is 15.3. The van der Waals surface area contributed by atoms with Crippen LogP contribution >= 0.6 is 27.5 Å². The van der Waals surface area contributed by atoms with Crippen LogP contribution in [-0.4, -0.2) is 34.6 Å². The summed E-state index contributed by atoms with van der Waals surface area (Å²) < 4.78 is 0.865. The highest BCUT2D eigenvalue weighted by molar-refractivity contribution is 9.10. The molecule has 1 heterocycles. The largest absolute Gasteiger partial charge is 0.389 e. The van der Waals surface area contributed by atoms with E-state index >= 15 is 0 Å². The summed E-state index contributed by atoms with van der Waals surface area (Å²) in [6, 6.07) is 5.34. The molecule has 2 aliphatic rings. The van der Waals surface area contributed by atoms with Gasteiger partial charge in [0.2, 0.25) is 0 Å². The Kier molecular flexibility index (Phi) is 4.30. The number of halogens is 2. The molecular formula is C16H19BrClNO2. The van der Waals surface area contributed by atoms with Crippen LogP contribution in [0.15, 0.2) is 22.7 Å². The number of aliphatic hydroxyl groups is 1. The molecule has 1 aliphatic carbocycles. The molecule has 1 saturated heterocycles. The summed E-state index contributed by atoms with van der Waals surface area (Å²) >= 11 is 9.53. The fraction of sp³-hybridized carbons (Fsp3) is 0.562. The number of carbonyl (C=O) groups excluding carboxylic acids is 1. The number of nitrogens with zero attached hydrogens (tertiary/aromatic N) is 1. The molecule has 1 aromatic carbocycles. The van der Waals surface area contributed by atoms with E-state index in [1.54, 1.807) is 12.1 Å². The van der Waals surface area contributed by atoms with Gasteiger partial charge in [0, 0.05) is 23.5 Å². The van der Waals surface area contributed by atoms with Crippen LogP contribution in [0.2, 0.25) is 5.02 Å². The van der Waals surface area contributed by atoms with E-state index in [1.807, 2.05) is 11.0 Å². The summed E-state index contributed by atoms with van der Waals surface area (Å²) in [5.41, 5.74) is -0.0143. The third kappa shape index (κ3) is 2.99. The predicted octanol–water partition coefficient (Wildman–Crippen LogP) is 3.87. The van der Waals surface area contributed by atoms with E-state index in [0.717, 1.165) is 30.2 Å². The summed E-state index contributed by atoms with van der Waals surface area (Å²) in [6.07, 6.45) is 4.80. The van der Waals surface area contributed by atoms with Gasteiger partial charge in [-0.3, -0.25) is 4.79 Å². The van der Waals surface area contributed by atoms with Gasteiger partial charge in [0.15, 0.2) is 0 Å². The standard InChI is InChI=1S/C16H19BrClNO2/c17-12-4-5-13(14(18)9-12)15(20)19-8-7-16(21)6-2-1-3-11(16)10-19/h4-5,9,11,21H,1-3,6-8,10H2. The molecule has 0 bridgehead atoms. The lowest BCUT2D eigenvalue weighted by atomic mass is 9.71. The van der Waals surface area contributed by atoms with Crippen LogP contribution < -0.4 is 0 Å². The lowest BCUT2D eigenvalue weighted by molar-refractivity contribution is -0.0886. The first-order valence-electron chi connectivity index (χ1n) is 7.46. The fourth-order valence-corrected chi connectivity index (χ4v) is 4.34. The maximum Gasteiger partial charge on any atom is 0.255 e. The molecule has 5 heteroatoms. The number of hydrogen-bond donors (Lipinski definition) is 1. The highest BCUT2D eigenvalue weighted by Crippen LogP contribution is 2.40. The number of amides is 1. The van der Waals surface area contributed by atoms with Crippen LogP contribution in [-0.2, 0) is 0 Å². The maximum atomic E-state index is 12.7. The molecule has 1 amide bonds. The molecule has 1 saturated carbocycles. The number of likely N-dealkylation sites (tertiary alicyclic amines) is 1. The number of fused-ring (bicyclic) bond motifs is 1. The summed E-state index contributed by atoms with van der Waals surface area (Å²) in [7, 11) is 0. The quantitative estimate of drug-likeness (QED) is 0.813. The predicted molar refractivity (Wildman–Crippen MR) is 86.6 cm³/mol. The maximum absolute atomic E-state index is 12.7. The molecule has 1 aromatic rings. The van der Waals surface area contributed by atoms with Gasteiger partial charge < -0.3 is 10.0 Å². The van der Waals surface area contributed by atoms with Crippen molar-refractivity contribution in [3.63, 3.8) is 0 Å². The topological polar surface area (TPSA) is 40.5 Å². The highest BCUT2D eigenvalue weighted by Gasteiger charge is 2.43. The SMILES string of the molecule is O=C(c1ccc(Br)cc1Cl)N1CCC2(O)CCCCC2C1. The van der Waals surface area contributed by atoms with Crippen LogP contribution in [0.5, 0.6) is 0 Å². The fourth-order valence-electron chi connectivity index (χ4n) is 3.59. The van der Waals surface area contributed by atoms with E-state index in [2.05, 4.69) is 15.9 Å². The van der Waals surface area contributed by atoms with Crippen molar-refractivity contribution in [2.75, 3.05) is 13.1 Å². The van der Waals surface area contributed by atoms with Crippen LogP contribution in [0.3, 0.4) is 0 Å². The van der Waals surface area contributed by atoms with Crippen molar-refractivity contribution in [2.45, 2.75) is 37.7 Å². The minimum absolute atomic E-state index is 0.0277. The van der Waals surface area contributed by atoms with E-state index in [-0.39, 0.29) is 11.8 Å². The van der Waals surface area contributed by atoms with E-state index < -0.39 is 5.60 Å². The molecular weight excluding hydrogens is 354 g/mol. The Bertz CT molecular complexity index is 565. The smallest absolute Gasteiger partial charge is 0.255 e. The molecule has 2 fully saturated rings. The molecule has 21 heavy (non-hydrogen) atoms. The Morgan fingerprint density at radius 1 is 1.38 bits per heavy atom. The number of hydrogen-bond acceptors (Lipinski definition) is 2. The second-order valence-corrected chi connectivity index (χ2v) is 7.49. The molecule has 114 valence electrons. The van der Waals surface area contributed by atoms with Gasteiger partial charge in [0.05, 0.1) is 16.2 Å². The summed E-state index contributed by atoms with van der Waals surface area (Å²) in [4.78, 5) is 14.5. The Morgan fingerprint density at radius 2 is 2.19 bits per heavy atom. The van der Waals surface area contributed by atoms with E-state index in [1.165, 1.54) is 0 Å². The van der Waals surface area contributed by atoms with Gasteiger partial charge in [0.25, 0.3) is 5.91 Å². The van der Waals surface area contributed by atoms with E-state index in [0.29, 0.717) is 30.1 Å². The van der Waals surface area contributed by atoms with Gasteiger partial charge in [-0.1, -0.05) is 40.4 Å². The van der Waals surface area contributed by atoms with E-state index in [9.17, 15) is 9.90 Å². The van der Waals surface area contributed by atoms with Crippen LogP contribution in [0.1, 0.15) is 42.5 Å². The molecule has 0 radical (unpaired) electrons. The lowest BCUT2D eigenvalue weighted by Crippen LogP contribution is -2.54. The Labute approximate surface area is 138 Å². The van der Waals surface area contributed by atoms with Gasteiger partial charge >= 0.3 is 0 Å². The zero-order valence-electron chi connectivity index (χ0n) is 11.8. The lowest BCUT2D eigenvalue weighted by Gasteiger charge is -2.47. The van der Waals surface area contributed by atoms with Crippen molar-refractivity contribution < 1.29 is 9.90 Å². The van der Waals surface area contributed by atoms with Crippen molar-refractivity contribution in [3.8, 4) is 0 Å². The molecule has 2 unspecified atom stereocenters. The van der Waals surface area contributed by atoms with Gasteiger partial charge in [-0.2, -0.15) is 0 Å². The average molecular weight is 373 g/mol. The van der Waals surface area contributed by atoms with Gasteiger partial charge in [-0.25, -0.2) is 0 Å². The third-order valence-electron chi connectivity index (χ3n) is 4.88. The normalized spacial score (nSPS) is 29.1. The zero-order chi connectivity index (χ0) is 15.0. The first-order chi connectivity index (χ1) is 9.99. The average Bonchev–Trinajstić information content (AvgIpc) is 2.45. The zero-order valence-corrected chi connectivity index (χ0v) is 14.2. The van der Waals surface area contributed by atoms with Crippen LogP contribution in [0.4, 0.5) is 0 Å². The van der Waals surface area contributed by atoms with Crippen LogP contribution in [0, 0.1) is 5.92 Å². The Morgan fingerprint density at radius 3 is 2.95 bits per heavy atom. The summed E-state index contributed by atoms with van der Waals surface area (Å²) in [5, 5.41) is 11.2.